The topological polar surface area (TPSA) is 66.8 Å². The van der Waals surface area contributed by atoms with E-state index < -0.39 is 17.6 Å². The first kappa shape index (κ1) is 19.1. The molecule has 0 fully saturated rings. The third kappa shape index (κ3) is 3.74. The molecule has 1 N–H and O–H groups in total. The zero-order valence-electron chi connectivity index (χ0n) is 14.6. The average Bonchev–Trinajstić information content (AvgIpc) is 2.92. The van der Waals surface area contributed by atoms with Gasteiger partial charge in [0.2, 0.25) is 0 Å². The van der Waals surface area contributed by atoms with Gasteiger partial charge >= 0.3 is 0 Å². The van der Waals surface area contributed by atoms with Gasteiger partial charge in [0.25, 0.3) is 11.8 Å². The van der Waals surface area contributed by atoms with Crippen molar-refractivity contribution >= 4 is 29.1 Å². The van der Waals surface area contributed by atoms with E-state index >= 15 is 0 Å². The van der Waals surface area contributed by atoms with Crippen molar-refractivity contribution in [2.45, 2.75) is 6.54 Å². The third-order valence-corrected chi connectivity index (χ3v) is 5.18. The largest absolute Gasteiger partial charge is 0.496 e. The van der Waals surface area contributed by atoms with E-state index in [0.29, 0.717) is 11.3 Å². The highest BCUT2D eigenvalue weighted by molar-refractivity contribution is 8.04. The summed E-state index contributed by atoms with van der Waals surface area (Å²) in [5.41, 5.74) is 0.967. The second kappa shape index (κ2) is 8.37. The van der Waals surface area contributed by atoms with Gasteiger partial charge in [-0.25, -0.2) is 4.39 Å². The minimum atomic E-state index is -0.506. The molecule has 1 heterocycles. The molecule has 0 aromatic heterocycles. The smallest absolute Gasteiger partial charge is 0.268 e. The molecule has 1 aliphatic heterocycles. The van der Waals surface area contributed by atoms with Gasteiger partial charge in [-0.05, 0) is 12.1 Å². The van der Waals surface area contributed by atoms with E-state index in [0.717, 1.165) is 16.7 Å². The molecule has 0 unspecified atom stereocenters. The number of imide groups is 1. The molecule has 27 heavy (non-hydrogen) atoms. The predicted octanol–water partition coefficient (Wildman–Crippen LogP) is 2.84. The van der Waals surface area contributed by atoms with Crippen molar-refractivity contribution in [3.8, 4) is 5.75 Å². The van der Waals surface area contributed by atoms with Crippen LogP contribution in [0.15, 0.2) is 53.4 Å². The van der Waals surface area contributed by atoms with Crippen molar-refractivity contribution in [3.05, 3.63) is 70.4 Å². The second-order valence-electron chi connectivity index (χ2n) is 5.76. The van der Waals surface area contributed by atoms with E-state index in [1.165, 1.54) is 19.2 Å². The van der Waals surface area contributed by atoms with Gasteiger partial charge in [-0.1, -0.05) is 36.4 Å². The quantitative estimate of drug-likeness (QED) is 0.740. The highest BCUT2D eigenvalue weighted by Crippen LogP contribution is 2.39. The van der Waals surface area contributed by atoms with Crippen molar-refractivity contribution in [2.24, 2.45) is 0 Å². The summed E-state index contributed by atoms with van der Waals surface area (Å²) in [7, 11) is 1.48. The maximum atomic E-state index is 14.0. The van der Waals surface area contributed by atoms with Gasteiger partial charge in [0.05, 0.1) is 30.7 Å². The number of hydrogen-bond acceptors (Lipinski definition) is 5. The molecule has 2 amide bonds. The Balaban J connectivity index is 2.03. The van der Waals surface area contributed by atoms with Crippen molar-refractivity contribution in [1.29, 1.82) is 0 Å². The first-order chi connectivity index (χ1) is 13.1. The number of benzene rings is 2. The van der Waals surface area contributed by atoms with Crippen LogP contribution >= 0.6 is 11.8 Å². The normalized spacial score (nSPS) is 14.3. The molecule has 0 atom stereocenters. The maximum Gasteiger partial charge on any atom is 0.268 e. The Morgan fingerprint density at radius 3 is 2.48 bits per heavy atom. The number of amides is 2. The summed E-state index contributed by atoms with van der Waals surface area (Å²) < 4.78 is 19.3. The number of halogens is 1. The van der Waals surface area contributed by atoms with Crippen molar-refractivity contribution in [3.63, 3.8) is 0 Å². The number of carbonyl (C=O) groups excluding carboxylic acids is 2. The molecule has 2 aromatic carbocycles. The fraction of sp³-hybridized carbons (Fsp3) is 0.200. The van der Waals surface area contributed by atoms with Gasteiger partial charge in [-0.3, -0.25) is 14.5 Å². The minimum Gasteiger partial charge on any atom is -0.496 e. The summed E-state index contributed by atoms with van der Waals surface area (Å²) in [6.45, 7) is -0.297. The summed E-state index contributed by atoms with van der Waals surface area (Å²) >= 11 is 1.10. The van der Waals surface area contributed by atoms with E-state index in [2.05, 4.69) is 0 Å². The number of carbonyl (C=O) groups is 2. The highest BCUT2D eigenvalue weighted by atomic mass is 32.2. The van der Waals surface area contributed by atoms with E-state index in [9.17, 15) is 14.0 Å². The highest BCUT2D eigenvalue weighted by Gasteiger charge is 2.40. The molecule has 5 nitrogen and oxygen atoms in total. The number of thioether (sulfide) groups is 1. The van der Waals surface area contributed by atoms with Crippen LogP contribution in [0.3, 0.4) is 0 Å². The zero-order valence-corrected chi connectivity index (χ0v) is 15.5. The van der Waals surface area contributed by atoms with Crippen LogP contribution in [0.5, 0.6) is 5.75 Å². The predicted molar refractivity (Wildman–Crippen MR) is 101 cm³/mol. The molecule has 0 radical (unpaired) electrons. The lowest BCUT2D eigenvalue weighted by molar-refractivity contribution is -0.137. The fourth-order valence-corrected chi connectivity index (χ4v) is 3.74. The fourth-order valence-electron chi connectivity index (χ4n) is 2.86. The summed E-state index contributed by atoms with van der Waals surface area (Å²) in [5, 5.41) is 9.15. The number of para-hydroxylation sites is 1. The molecule has 0 spiro atoms. The van der Waals surface area contributed by atoms with Crippen molar-refractivity contribution in [2.75, 3.05) is 19.5 Å². The molecule has 0 bridgehead atoms. The Bertz CT molecular complexity index is 912. The first-order valence-electron chi connectivity index (χ1n) is 8.29. The van der Waals surface area contributed by atoms with E-state index in [1.54, 1.807) is 36.4 Å². The van der Waals surface area contributed by atoms with E-state index in [4.69, 9.17) is 9.84 Å². The average molecular weight is 387 g/mol. The van der Waals surface area contributed by atoms with E-state index in [1.807, 2.05) is 0 Å². The van der Waals surface area contributed by atoms with Gasteiger partial charge in [0.15, 0.2) is 0 Å². The Kier molecular flexibility index (Phi) is 5.93. The van der Waals surface area contributed by atoms with Crippen molar-refractivity contribution in [1.82, 2.24) is 4.90 Å². The monoisotopic (exact) mass is 387 g/mol. The zero-order chi connectivity index (χ0) is 19.4. The molecule has 2 aromatic rings. The third-order valence-electron chi connectivity index (χ3n) is 4.13. The lowest BCUT2D eigenvalue weighted by Crippen LogP contribution is -2.31. The van der Waals surface area contributed by atoms with Crippen molar-refractivity contribution < 1.29 is 23.8 Å². The Morgan fingerprint density at radius 1 is 1.07 bits per heavy atom. The number of aliphatic hydroxyl groups excluding tert-OH is 1. The van der Waals surface area contributed by atoms with Crippen LogP contribution in [-0.4, -0.2) is 41.3 Å². The molecular formula is C20H18FNO4S. The van der Waals surface area contributed by atoms with Gasteiger partial charge in [-0.2, -0.15) is 0 Å². The molecule has 7 heteroatoms. The summed E-state index contributed by atoms with van der Waals surface area (Å²) in [6, 6.07) is 12.9. The summed E-state index contributed by atoms with van der Waals surface area (Å²) in [4.78, 5) is 27.2. The van der Waals surface area contributed by atoms with E-state index in [-0.39, 0.29) is 34.9 Å². The Hall–Kier alpha value is -2.64. The summed E-state index contributed by atoms with van der Waals surface area (Å²) in [5.74, 6) is -0.756. The molecular weight excluding hydrogens is 369 g/mol. The minimum absolute atomic E-state index is 0.137. The lowest BCUT2D eigenvalue weighted by atomic mass is 10.0. The second-order valence-corrected chi connectivity index (χ2v) is 6.87. The van der Waals surface area contributed by atoms with Crippen LogP contribution in [0.2, 0.25) is 0 Å². The first-order valence-corrected chi connectivity index (χ1v) is 9.28. The number of rotatable bonds is 7. The number of hydrogen-bond donors (Lipinski definition) is 1. The van der Waals surface area contributed by atoms with Crippen LogP contribution < -0.4 is 4.74 Å². The van der Waals surface area contributed by atoms with Gasteiger partial charge in [0.1, 0.15) is 11.6 Å². The lowest BCUT2D eigenvalue weighted by Gasteiger charge is -2.16. The van der Waals surface area contributed by atoms with Crippen LogP contribution in [0.25, 0.3) is 5.57 Å². The van der Waals surface area contributed by atoms with Crippen LogP contribution in [-0.2, 0) is 16.1 Å². The molecule has 0 saturated carbocycles. The molecule has 1 aliphatic rings. The molecule has 0 saturated heterocycles. The number of methoxy groups -OCH3 is 1. The summed E-state index contributed by atoms with van der Waals surface area (Å²) in [6.07, 6.45) is 0. The standard InChI is InChI=1S/C20H18FNO4S/c1-26-16-9-5-3-7-14(16)17-18(27-11-10-23)20(25)22(19(17)24)12-13-6-2-4-8-15(13)21/h2-9,23H,10-12H2,1H3. The SMILES string of the molecule is COc1ccccc1C1=C(SCCO)C(=O)N(Cc2ccccc2F)C1=O. The maximum absolute atomic E-state index is 14.0. The van der Waals surface area contributed by atoms with Crippen LogP contribution in [0.4, 0.5) is 4.39 Å². The van der Waals surface area contributed by atoms with Crippen LogP contribution in [0.1, 0.15) is 11.1 Å². The number of aliphatic hydroxyl groups is 1. The number of nitrogens with zero attached hydrogens (tertiary/aromatic N) is 1. The Morgan fingerprint density at radius 2 is 1.78 bits per heavy atom. The number of ether oxygens (including phenoxy) is 1. The van der Waals surface area contributed by atoms with Gasteiger partial charge in [0, 0.05) is 16.9 Å². The molecule has 0 aliphatic carbocycles. The van der Waals surface area contributed by atoms with Gasteiger partial charge < -0.3 is 9.84 Å². The molecule has 140 valence electrons. The Labute approximate surface area is 160 Å². The van der Waals surface area contributed by atoms with Gasteiger partial charge in [-0.15, -0.1) is 11.8 Å². The van der Waals surface area contributed by atoms with Crippen LogP contribution in [0, 0.1) is 5.82 Å². The molecule has 3 rings (SSSR count).